The molecule has 1 heterocycles. The summed E-state index contributed by atoms with van der Waals surface area (Å²) in [7, 11) is 1.41. The van der Waals surface area contributed by atoms with Crippen molar-refractivity contribution in [1.29, 1.82) is 0 Å². The molecule has 1 aliphatic rings. The van der Waals surface area contributed by atoms with Gasteiger partial charge in [-0.1, -0.05) is 13.3 Å². The highest BCUT2D eigenvalue weighted by Gasteiger charge is 2.21. The van der Waals surface area contributed by atoms with Gasteiger partial charge in [0.15, 0.2) is 0 Å². The van der Waals surface area contributed by atoms with Crippen LogP contribution in [0, 0.1) is 11.8 Å². The zero-order valence-electron chi connectivity index (χ0n) is 13.5. The maximum atomic E-state index is 11.9. The molecule has 1 saturated heterocycles. The molecule has 0 radical (unpaired) electrons. The van der Waals surface area contributed by atoms with Gasteiger partial charge in [0.05, 0.1) is 7.11 Å². The van der Waals surface area contributed by atoms with Gasteiger partial charge < -0.3 is 15.4 Å². The third-order valence-electron chi connectivity index (χ3n) is 4.30. The molecule has 1 unspecified atom stereocenters. The molecule has 0 aromatic rings. The lowest BCUT2D eigenvalue weighted by molar-refractivity contribution is -0.140. The van der Waals surface area contributed by atoms with Crippen molar-refractivity contribution in [2.75, 3.05) is 26.7 Å². The number of unbranched alkanes of at least 4 members (excludes halogenated alkanes) is 2. The lowest BCUT2D eigenvalue weighted by Gasteiger charge is -2.27. The lowest BCUT2D eigenvalue weighted by Crippen LogP contribution is -2.33. The van der Waals surface area contributed by atoms with E-state index >= 15 is 0 Å². The molecule has 0 aromatic heterocycles. The van der Waals surface area contributed by atoms with Gasteiger partial charge in [-0.15, -0.1) is 0 Å². The van der Waals surface area contributed by atoms with E-state index in [-0.39, 0.29) is 11.9 Å². The summed E-state index contributed by atoms with van der Waals surface area (Å²) in [5.41, 5.74) is 0. The van der Waals surface area contributed by atoms with E-state index in [1.54, 1.807) is 0 Å². The van der Waals surface area contributed by atoms with Crippen molar-refractivity contribution in [2.45, 2.75) is 51.9 Å². The Balaban J connectivity index is 2.01. The number of hydrogen-bond acceptors (Lipinski definition) is 4. The average Bonchev–Trinajstić information content (AvgIpc) is 2.51. The zero-order chi connectivity index (χ0) is 15.5. The zero-order valence-corrected chi connectivity index (χ0v) is 13.5. The largest absolute Gasteiger partial charge is 0.469 e. The molecular weight excluding hydrogens is 268 g/mol. The van der Waals surface area contributed by atoms with Gasteiger partial charge in [-0.3, -0.25) is 9.59 Å². The fraction of sp³-hybridized carbons (Fsp3) is 0.875. The Morgan fingerprint density at radius 2 is 1.95 bits per heavy atom. The van der Waals surface area contributed by atoms with E-state index in [0.29, 0.717) is 31.2 Å². The number of hydrogen-bond donors (Lipinski definition) is 2. The quantitative estimate of drug-likeness (QED) is 0.504. The molecule has 1 rings (SSSR count). The molecule has 5 nitrogen and oxygen atoms in total. The van der Waals surface area contributed by atoms with Crippen LogP contribution in [0.5, 0.6) is 0 Å². The fourth-order valence-electron chi connectivity index (χ4n) is 2.85. The number of piperidine rings is 1. The summed E-state index contributed by atoms with van der Waals surface area (Å²) in [5.74, 6) is 1.15. The van der Waals surface area contributed by atoms with Crippen molar-refractivity contribution < 1.29 is 14.3 Å². The van der Waals surface area contributed by atoms with Gasteiger partial charge in [-0.2, -0.15) is 0 Å². The third-order valence-corrected chi connectivity index (χ3v) is 4.30. The van der Waals surface area contributed by atoms with Gasteiger partial charge in [0.2, 0.25) is 5.91 Å². The predicted molar refractivity (Wildman–Crippen MR) is 82.9 cm³/mol. The molecular formula is C16H30N2O3. The highest BCUT2D eigenvalue weighted by molar-refractivity contribution is 5.76. The van der Waals surface area contributed by atoms with Gasteiger partial charge in [0.25, 0.3) is 0 Å². The van der Waals surface area contributed by atoms with E-state index in [0.717, 1.165) is 32.4 Å². The van der Waals surface area contributed by atoms with Gasteiger partial charge in [0, 0.05) is 19.4 Å². The van der Waals surface area contributed by atoms with Crippen LogP contribution in [-0.4, -0.2) is 38.6 Å². The molecule has 0 aliphatic carbocycles. The van der Waals surface area contributed by atoms with Crippen molar-refractivity contribution >= 4 is 11.9 Å². The van der Waals surface area contributed by atoms with Gasteiger partial charge >= 0.3 is 5.97 Å². The number of rotatable bonds is 9. The van der Waals surface area contributed by atoms with E-state index in [9.17, 15) is 9.59 Å². The molecule has 1 fully saturated rings. The van der Waals surface area contributed by atoms with Crippen LogP contribution in [0.3, 0.4) is 0 Å². The maximum absolute atomic E-state index is 11.9. The van der Waals surface area contributed by atoms with Crippen LogP contribution >= 0.6 is 0 Å². The smallest absolute Gasteiger partial charge is 0.305 e. The Labute approximate surface area is 128 Å². The topological polar surface area (TPSA) is 67.4 Å². The molecule has 2 N–H and O–H groups in total. The first kappa shape index (κ1) is 18.0. The van der Waals surface area contributed by atoms with E-state index in [1.807, 2.05) is 0 Å². The number of carbonyl (C=O) groups is 2. The van der Waals surface area contributed by atoms with Crippen LogP contribution in [0.2, 0.25) is 0 Å². The molecule has 0 spiro atoms. The van der Waals surface area contributed by atoms with Crippen molar-refractivity contribution in [1.82, 2.24) is 10.6 Å². The van der Waals surface area contributed by atoms with Gasteiger partial charge in [-0.25, -0.2) is 0 Å². The van der Waals surface area contributed by atoms with Crippen molar-refractivity contribution in [2.24, 2.45) is 11.8 Å². The number of amides is 1. The minimum Gasteiger partial charge on any atom is -0.469 e. The minimum atomic E-state index is -0.158. The summed E-state index contributed by atoms with van der Waals surface area (Å²) in [4.78, 5) is 22.8. The Morgan fingerprint density at radius 3 is 2.62 bits per heavy atom. The fourth-order valence-corrected chi connectivity index (χ4v) is 2.85. The number of ether oxygens (including phenoxy) is 1. The molecule has 1 atom stereocenters. The highest BCUT2D eigenvalue weighted by atomic mass is 16.5. The summed E-state index contributed by atoms with van der Waals surface area (Å²) in [6, 6.07) is 0. The number of methoxy groups -OCH3 is 1. The molecule has 0 bridgehead atoms. The second kappa shape index (κ2) is 10.6. The first-order chi connectivity index (χ1) is 10.1. The second-order valence-electron chi connectivity index (χ2n) is 6.01. The van der Waals surface area contributed by atoms with Crippen molar-refractivity contribution in [3.05, 3.63) is 0 Å². The molecule has 5 heteroatoms. The SMILES string of the molecule is COC(=O)CCCCCNC(=O)CC(C)C1CCNCC1. The second-order valence-corrected chi connectivity index (χ2v) is 6.01. The first-order valence-corrected chi connectivity index (χ1v) is 8.17. The molecule has 122 valence electrons. The summed E-state index contributed by atoms with van der Waals surface area (Å²) in [6.45, 7) is 5.05. The number of carbonyl (C=O) groups excluding carboxylic acids is 2. The van der Waals surface area contributed by atoms with Gasteiger partial charge in [0.1, 0.15) is 0 Å². The Hall–Kier alpha value is -1.10. The van der Waals surface area contributed by atoms with Crippen LogP contribution < -0.4 is 10.6 Å². The van der Waals surface area contributed by atoms with Crippen molar-refractivity contribution in [3.8, 4) is 0 Å². The Kier molecular flexibility index (Phi) is 9.06. The van der Waals surface area contributed by atoms with Crippen LogP contribution in [0.15, 0.2) is 0 Å². The van der Waals surface area contributed by atoms with E-state index in [1.165, 1.54) is 20.0 Å². The summed E-state index contributed by atoms with van der Waals surface area (Å²) in [6.07, 6.45) is 6.16. The summed E-state index contributed by atoms with van der Waals surface area (Å²) in [5, 5.41) is 6.34. The molecule has 0 aromatic carbocycles. The summed E-state index contributed by atoms with van der Waals surface area (Å²) < 4.78 is 4.58. The lowest BCUT2D eigenvalue weighted by atomic mass is 9.84. The normalized spacial score (nSPS) is 17.2. The number of esters is 1. The van der Waals surface area contributed by atoms with Crippen LogP contribution in [-0.2, 0) is 14.3 Å². The number of nitrogens with one attached hydrogen (secondary N) is 2. The monoisotopic (exact) mass is 298 g/mol. The average molecular weight is 298 g/mol. The third kappa shape index (κ3) is 8.05. The molecule has 21 heavy (non-hydrogen) atoms. The van der Waals surface area contributed by atoms with Gasteiger partial charge in [-0.05, 0) is 50.6 Å². The van der Waals surface area contributed by atoms with Crippen LogP contribution in [0.1, 0.15) is 51.9 Å². The Morgan fingerprint density at radius 1 is 1.24 bits per heavy atom. The van der Waals surface area contributed by atoms with Crippen molar-refractivity contribution in [3.63, 3.8) is 0 Å². The van der Waals surface area contributed by atoms with E-state index in [4.69, 9.17) is 0 Å². The van der Waals surface area contributed by atoms with Crippen LogP contribution in [0.25, 0.3) is 0 Å². The molecule has 0 saturated carbocycles. The van der Waals surface area contributed by atoms with E-state index in [2.05, 4.69) is 22.3 Å². The predicted octanol–water partition coefficient (Wildman–Crippen LogP) is 1.86. The van der Waals surface area contributed by atoms with Crippen LogP contribution in [0.4, 0.5) is 0 Å². The maximum Gasteiger partial charge on any atom is 0.305 e. The molecule has 1 amide bonds. The standard InChI is InChI=1S/C16H30N2O3/c1-13(14-7-10-17-11-8-14)12-15(19)18-9-5-3-4-6-16(20)21-2/h13-14,17H,3-12H2,1-2H3,(H,18,19). The highest BCUT2D eigenvalue weighted by Crippen LogP contribution is 2.24. The van der Waals surface area contributed by atoms with E-state index < -0.39 is 0 Å². The first-order valence-electron chi connectivity index (χ1n) is 8.17. The minimum absolute atomic E-state index is 0.158. The summed E-state index contributed by atoms with van der Waals surface area (Å²) >= 11 is 0. The Bertz CT molecular complexity index is 315. The molecule has 1 aliphatic heterocycles.